The lowest BCUT2D eigenvalue weighted by atomic mass is 9.99. The Morgan fingerprint density at radius 1 is 1.00 bits per heavy atom. The Labute approximate surface area is 172 Å². The summed E-state index contributed by atoms with van der Waals surface area (Å²) in [4.78, 5) is 24.3. The summed E-state index contributed by atoms with van der Waals surface area (Å²) in [6.07, 6.45) is 0. The van der Waals surface area contributed by atoms with Gasteiger partial charge in [0.15, 0.2) is 11.5 Å². The first-order valence-corrected chi connectivity index (χ1v) is 9.35. The number of carbonyl (C=O) groups is 2. The average Bonchev–Trinajstić information content (AvgIpc) is 3.09. The van der Waals surface area contributed by atoms with Crippen molar-refractivity contribution in [2.45, 2.75) is 13.5 Å². The highest BCUT2D eigenvalue weighted by Gasteiger charge is 2.18. The van der Waals surface area contributed by atoms with Crippen LogP contribution in [0.5, 0.6) is 0 Å². The number of nitrogens with two attached hydrogens (primary N) is 1. The van der Waals surface area contributed by atoms with E-state index in [0.717, 1.165) is 11.1 Å². The third-order valence-corrected chi connectivity index (χ3v) is 4.89. The summed E-state index contributed by atoms with van der Waals surface area (Å²) in [6, 6.07) is 19.3. The minimum Gasteiger partial charge on any atom is -0.364 e. The fourth-order valence-electron chi connectivity index (χ4n) is 3.47. The molecule has 1 aromatic heterocycles. The Morgan fingerprint density at radius 2 is 1.70 bits per heavy atom. The molecule has 7 heteroatoms. The molecule has 4 aromatic rings. The predicted octanol–water partition coefficient (Wildman–Crippen LogP) is 3.89. The summed E-state index contributed by atoms with van der Waals surface area (Å²) in [7, 11) is 0. The maximum atomic E-state index is 15.1. The summed E-state index contributed by atoms with van der Waals surface area (Å²) in [5, 5.41) is 7.32. The van der Waals surface area contributed by atoms with Crippen LogP contribution in [0.25, 0.3) is 22.0 Å². The topological polar surface area (TPSA) is 90.0 Å². The molecular weight excluding hydrogens is 383 g/mol. The zero-order valence-electron chi connectivity index (χ0n) is 16.2. The van der Waals surface area contributed by atoms with Crippen molar-refractivity contribution in [3.05, 3.63) is 83.8 Å². The number of nitrogens with one attached hydrogen (secondary N) is 1. The van der Waals surface area contributed by atoms with Crippen LogP contribution in [-0.2, 0) is 11.3 Å². The Hall–Kier alpha value is -4.00. The van der Waals surface area contributed by atoms with Crippen molar-refractivity contribution in [3.63, 3.8) is 0 Å². The number of fused-ring (bicyclic) bond motifs is 1. The summed E-state index contributed by atoms with van der Waals surface area (Å²) >= 11 is 0. The molecule has 0 atom stereocenters. The molecule has 0 saturated carbocycles. The van der Waals surface area contributed by atoms with Gasteiger partial charge in [0.05, 0.1) is 11.2 Å². The van der Waals surface area contributed by atoms with Crippen LogP contribution in [0, 0.1) is 12.7 Å². The zero-order chi connectivity index (χ0) is 21.3. The number of rotatable bonds is 5. The van der Waals surface area contributed by atoms with E-state index in [1.54, 1.807) is 36.4 Å². The molecule has 0 saturated heterocycles. The Kier molecular flexibility index (Phi) is 5.02. The summed E-state index contributed by atoms with van der Waals surface area (Å²) in [5.41, 5.74) is 8.25. The van der Waals surface area contributed by atoms with Crippen molar-refractivity contribution in [1.29, 1.82) is 0 Å². The number of aromatic nitrogens is 2. The smallest absolute Gasteiger partial charge is 0.269 e. The normalized spacial score (nSPS) is 10.9. The lowest BCUT2D eigenvalue weighted by molar-refractivity contribution is -0.116. The van der Waals surface area contributed by atoms with Crippen molar-refractivity contribution in [2.24, 2.45) is 5.73 Å². The number of aryl methyl sites for hydroxylation is 1. The molecule has 3 N–H and O–H groups in total. The van der Waals surface area contributed by atoms with Gasteiger partial charge in [-0.25, -0.2) is 4.39 Å². The highest BCUT2D eigenvalue weighted by Crippen LogP contribution is 2.30. The van der Waals surface area contributed by atoms with E-state index in [0.29, 0.717) is 16.5 Å². The fraction of sp³-hybridized carbons (Fsp3) is 0.0870. The molecule has 0 bridgehead atoms. The molecular formula is C23H19FN4O2. The molecule has 6 nitrogen and oxygen atoms in total. The molecule has 4 rings (SSSR count). The van der Waals surface area contributed by atoms with E-state index >= 15 is 4.39 Å². The monoisotopic (exact) mass is 402 g/mol. The van der Waals surface area contributed by atoms with Crippen LogP contribution in [-0.4, -0.2) is 21.6 Å². The highest BCUT2D eigenvalue weighted by molar-refractivity contribution is 6.04. The van der Waals surface area contributed by atoms with Gasteiger partial charge < -0.3 is 11.1 Å². The lowest BCUT2D eigenvalue weighted by Gasteiger charge is -2.12. The van der Waals surface area contributed by atoms with Crippen LogP contribution in [0.1, 0.15) is 16.1 Å². The number of para-hydroxylation sites is 1. The molecule has 30 heavy (non-hydrogen) atoms. The van der Waals surface area contributed by atoms with E-state index in [2.05, 4.69) is 10.4 Å². The Bertz CT molecular complexity index is 1280. The van der Waals surface area contributed by atoms with Crippen LogP contribution in [0.15, 0.2) is 66.7 Å². The molecule has 0 radical (unpaired) electrons. The van der Waals surface area contributed by atoms with E-state index in [-0.39, 0.29) is 17.9 Å². The number of anilines is 1. The van der Waals surface area contributed by atoms with E-state index < -0.39 is 17.6 Å². The third-order valence-electron chi connectivity index (χ3n) is 4.89. The lowest BCUT2D eigenvalue weighted by Crippen LogP contribution is -2.21. The van der Waals surface area contributed by atoms with Crippen LogP contribution >= 0.6 is 0 Å². The van der Waals surface area contributed by atoms with Gasteiger partial charge in [-0.3, -0.25) is 14.3 Å². The number of hydrogen-bond donors (Lipinski definition) is 2. The Balaban J connectivity index is 1.62. The van der Waals surface area contributed by atoms with Crippen molar-refractivity contribution >= 4 is 28.4 Å². The van der Waals surface area contributed by atoms with E-state index in [1.165, 1.54) is 10.7 Å². The number of carbonyl (C=O) groups excluding carboxylic acids is 2. The second-order valence-corrected chi connectivity index (χ2v) is 6.92. The minimum absolute atomic E-state index is 0.0762. The first-order chi connectivity index (χ1) is 14.5. The van der Waals surface area contributed by atoms with Gasteiger partial charge in [-0.05, 0) is 30.2 Å². The zero-order valence-corrected chi connectivity index (χ0v) is 16.2. The van der Waals surface area contributed by atoms with Gasteiger partial charge in [0.1, 0.15) is 6.54 Å². The SMILES string of the molecule is Cc1ccccc1-c1cccc(NC(=O)Cn2nc(C(N)=O)c3ccccc32)c1F. The molecule has 150 valence electrons. The molecule has 0 unspecified atom stereocenters. The van der Waals surface area contributed by atoms with E-state index in [9.17, 15) is 9.59 Å². The molecule has 0 aliphatic rings. The van der Waals surface area contributed by atoms with Crippen molar-refractivity contribution in [1.82, 2.24) is 9.78 Å². The fourth-order valence-corrected chi connectivity index (χ4v) is 3.47. The molecule has 1 heterocycles. The second kappa shape index (κ2) is 7.79. The van der Waals surface area contributed by atoms with Crippen molar-refractivity contribution in [3.8, 4) is 11.1 Å². The first kappa shape index (κ1) is 19.3. The molecule has 0 spiro atoms. The maximum absolute atomic E-state index is 15.1. The van der Waals surface area contributed by atoms with Crippen LogP contribution in [0.3, 0.4) is 0 Å². The molecule has 0 fully saturated rings. The molecule has 3 aromatic carbocycles. The molecule has 0 aliphatic heterocycles. The number of halogens is 1. The molecule has 0 aliphatic carbocycles. The van der Waals surface area contributed by atoms with E-state index in [4.69, 9.17) is 5.73 Å². The number of hydrogen-bond acceptors (Lipinski definition) is 3. The van der Waals surface area contributed by atoms with Gasteiger partial charge in [0.25, 0.3) is 5.91 Å². The standard InChI is InChI=1S/C23H19FN4O2/c1-14-7-2-3-8-15(14)16-10-6-11-18(21(16)24)26-20(29)13-28-19-12-5-4-9-17(19)22(27-28)23(25)30/h2-12H,13H2,1H3,(H2,25,30)(H,26,29). The number of primary amides is 1. The van der Waals surface area contributed by atoms with Crippen molar-refractivity contribution < 1.29 is 14.0 Å². The van der Waals surface area contributed by atoms with Gasteiger partial charge in [-0.1, -0.05) is 54.6 Å². The first-order valence-electron chi connectivity index (χ1n) is 9.35. The summed E-state index contributed by atoms with van der Waals surface area (Å²) in [6.45, 7) is 1.71. The summed E-state index contributed by atoms with van der Waals surface area (Å²) < 4.78 is 16.5. The quantitative estimate of drug-likeness (QED) is 0.531. The van der Waals surface area contributed by atoms with Gasteiger partial charge >= 0.3 is 0 Å². The maximum Gasteiger partial charge on any atom is 0.269 e. The van der Waals surface area contributed by atoms with Crippen LogP contribution < -0.4 is 11.1 Å². The second-order valence-electron chi connectivity index (χ2n) is 6.92. The Morgan fingerprint density at radius 3 is 2.47 bits per heavy atom. The van der Waals surface area contributed by atoms with Crippen LogP contribution in [0.2, 0.25) is 0 Å². The van der Waals surface area contributed by atoms with Gasteiger partial charge in [-0.15, -0.1) is 0 Å². The van der Waals surface area contributed by atoms with Crippen LogP contribution in [0.4, 0.5) is 10.1 Å². The van der Waals surface area contributed by atoms with Crippen molar-refractivity contribution in [2.75, 3.05) is 5.32 Å². The van der Waals surface area contributed by atoms with Gasteiger partial charge in [0.2, 0.25) is 5.91 Å². The number of amides is 2. The predicted molar refractivity (Wildman–Crippen MR) is 113 cm³/mol. The largest absolute Gasteiger partial charge is 0.364 e. The minimum atomic E-state index is -0.678. The van der Waals surface area contributed by atoms with Gasteiger partial charge in [-0.2, -0.15) is 5.10 Å². The summed E-state index contributed by atoms with van der Waals surface area (Å²) in [5.74, 6) is -1.66. The van der Waals surface area contributed by atoms with E-state index in [1.807, 2.05) is 31.2 Å². The number of benzene rings is 3. The molecule has 2 amide bonds. The average molecular weight is 402 g/mol. The third kappa shape index (κ3) is 3.53. The number of nitrogens with zero attached hydrogens (tertiary/aromatic N) is 2. The highest BCUT2D eigenvalue weighted by atomic mass is 19.1. The van der Waals surface area contributed by atoms with Gasteiger partial charge in [0, 0.05) is 10.9 Å².